The van der Waals surface area contributed by atoms with Gasteiger partial charge in [-0.3, -0.25) is 0 Å². The molecule has 1 N–H and O–H groups in total. The molecular formula is C21H14B2N4. The van der Waals surface area contributed by atoms with Gasteiger partial charge in [0.1, 0.15) is 27.8 Å². The van der Waals surface area contributed by atoms with Crippen LogP contribution in [0.4, 0.5) is 5.82 Å². The van der Waals surface area contributed by atoms with E-state index >= 15 is 0 Å². The summed E-state index contributed by atoms with van der Waals surface area (Å²) >= 11 is 0. The summed E-state index contributed by atoms with van der Waals surface area (Å²) in [7, 11) is 11.8. The van der Waals surface area contributed by atoms with Crippen LogP contribution in [0.15, 0.2) is 54.9 Å². The SMILES string of the molecule is [B]c1cc2ccc(CCNc3ncnc4ccc(C#N)cc34)cc2cc1[B]. The van der Waals surface area contributed by atoms with E-state index in [0.29, 0.717) is 23.0 Å². The van der Waals surface area contributed by atoms with Gasteiger partial charge < -0.3 is 5.32 Å². The second kappa shape index (κ2) is 7.12. The molecule has 1 heterocycles. The number of rotatable bonds is 4. The molecule has 6 heteroatoms. The van der Waals surface area contributed by atoms with E-state index in [1.54, 1.807) is 12.1 Å². The average Bonchev–Trinajstić information content (AvgIpc) is 2.69. The topological polar surface area (TPSA) is 61.6 Å². The van der Waals surface area contributed by atoms with Gasteiger partial charge in [-0.05, 0) is 41.0 Å². The van der Waals surface area contributed by atoms with Crippen molar-refractivity contribution in [1.82, 2.24) is 9.97 Å². The Kier molecular flexibility index (Phi) is 4.52. The smallest absolute Gasteiger partial charge is 0.137 e. The molecule has 4 rings (SSSR count). The normalized spacial score (nSPS) is 10.8. The van der Waals surface area contributed by atoms with Crippen molar-refractivity contribution in [3.63, 3.8) is 0 Å². The first-order valence-electron chi connectivity index (χ1n) is 8.60. The molecule has 0 bridgehead atoms. The standard InChI is InChI=1S/C21H14B2N4/c22-18-9-15-3-1-13(7-16(15)10-19(18)23)5-6-25-21-17-8-14(11-24)2-4-20(17)26-12-27-21/h1-4,7-10,12H,5-6H2,(H,25,26,27). The third-order valence-corrected chi connectivity index (χ3v) is 4.58. The van der Waals surface area contributed by atoms with E-state index in [1.165, 1.54) is 11.9 Å². The lowest BCUT2D eigenvalue weighted by molar-refractivity contribution is 1.01. The fraction of sp³-hybridized carbons (Fsp3) is 0.0952. The van der Waals surface area contributed by atoms with Crippen molar-refractivity contribution in [2.75, 3.05) is 11.9 Å². The first-order chi connectivity index (χ1) is 13.1. The molecule has 0 spiro atoms. The number of benzene rings is 3. The summed E-state index contributed by atoms with van der Waals surface area (Å²) in [5.74, 6) is 0.731. The molecule has 0 aliphatic heterocycles. The van der Waals surface area contributed by atoms with Crippen molar-refractivity contribution in [3.05, 3.63) is 66.0 Å². The van der Waals surface area contributed by atoms with E-state index in [2.05, 4.69) is 39.6 Å². The third-order valence-electron chi connectivity index (χ3n) is 4.58. The van der Waals surface area contributed by atoms with Crippen molar-refractivity contribution < 1.29 is 0 Å². The van der Waals surface area contributed by atoms with Crippen molar-refractivity contribution in [2.45, 2.75) is 6.42 Å². The van der Waals surface area contributed by atoms with Crippen LogP contribution < -0.4 is 16.2 Å². The zero-order chi connectivity index (χ0) is 18.8. The Morgan fingerprint density at radius 2 is 1.74 bits per heavy atom. The lowest BCUT2D eigenvalue weighted by Gasteiger charge is -2.10. The van der Waals surface area contributed by atoms with Gasteiger partial charge in [0.15, 0.2) is 0 Å². The first-order valence-corrected chi connectivity index (χ1v) is 8.60. The van der Waals surface area contributed by atoms with Crippen LogP contribution in [-0.2, 0) is 6.42 Å². The van der Waals surface area contributed by atoms with Gasteiger partial charge in [0.2, 0.25) is 0 Å². The number of anilines is 1. The molecule has 0 saturated carbocycles. The summed E-state index contributed by atoms with van der Waals surface area (Å²) < 4.78 is 0. The molecule has 124 valence electrons. The van der Waals surface area contributed by atoms with Crippen LogP contribution in [0.1, 0.15) is 11.1 Å². The van der Waals surface area contributed by atoms with Crippen LogP contribution in [-0.4, -0.2) is 32.2 Å². The third kappa shape index (κ3) is 3.49. The molecule has 3 aromatic carbocycles. The summed E-state index contributed by atoms with van der Waals surface area (Å²) in [4.78, 5) is 8.57. The lowest BCUT2D eigenvalue weighted by Crippen LogP contribution is -2.24. The quantitative estimate of drug-likeness (QED) is 0.575. The summed E-state index contributed by atoms with van der Waals surface area (Å²) in [6, 6.07) is 17.6. The number of aromatic nitrogens is 2. The minimum absolute atomic E-state index is 0.590. The second-order valence-corrected chi connectivity index (χ2v) is 6.41. The molecule has 4 nitrogen and oxygen atoms in total. The van der Waals surface area contributed by atoms with E-state index in [1.807, 2.05) is 18.2 Å². The van der Waals surface area contributed by atoms with Gasteiger partial charge in [-0.15, -0.1) is 10.9 Å². The van der Waals surface area contributed by atoms with Crippen LogP contribution in [0.3, 0.4) is 0 Å². The van der Waals surface area contributed by atoms with Crippen LogP contribution >= 0.6 is 0 Å². The van der Waals surface area contributed by atoms with Crippen LogP contribution in [0, 0.1) is 11.3 Å². The second-order valence-electron chi connectivity index (χ2n) is 6.41. The monoisotopic (exact) mass is 344 g/mol. The van der Waals surface area contributed by atoms with Gasteiger partial charge >= 0.3 is 0 Å². The molecule has 27 heavy (non-hydrogen) atoms. The summed E-state index contributed by atoms with van der Waals surface area (Å²) in [5, 5.41) is 15.5. The zero-order valence-electron chi connectivity index (χ0n) is 14.6. The number of hydrogen-bond acceptors (Lipinski definition) is 4. The highest BCUT2D eigenvalue weighted by Crippen LogP contribution is 2.21. The van der Waals surface area contributed by atoms with Crippen molar-refractivity contribution in [1.29, 1.82) is 5.26 Å². The molecule has 0 atom stereocenters. The Bertz CT molecular complexity index is 1200. The molecule has 0 saturated heterocycles. The van der Waals surface area contributed by atoms with Gasteiger partial charge in [-0.25, -0.2) is 9.97 Å². The van der Waals surface area contributed by atoms with Gasteiger partial charge in [0.05, 0.1) is 17.1 Å². The fourth-order valence-electron chi connectivity index (χ4n) is 3.13. The van der Waals surface area contributed by atoms with Crippen LogP contribution in [0.25, 0.3) is 21.7 Å². The van der Waals surface area contributed by atoms with E-state index in [9.17, 15) is 0 Å². The maximum absolute atomic E-state index is 9.11. The Labute approximate surface area is 160 Å². The van der Waals surface area contributed by atoms with E-state index in [-0.39, 0.29) is 0 Å². The molecule has 0 aliphatic carbocycles. The Balaban J connectivity index is 1.53. The average molecular weight is 344 g/mol. The molecule has 1 aromatic heterocycles. The summed E-state index contributed by atoms with van der Waals surface area (Å²) in [6.45, 7) is 0.707. The van der Waals surface area contributed by atoms with Gasteiger partial charge in [0.25, 0.3) is 0 Å². The number of hydrogen-bond donors (Lipinski definition) is 1. The predicted molar refractivity (Wildman–Crippen MR) is 111 cm³/mol. The molecule has 0 unspecified atom stereocenters. The van der Waals surface area contributed by atoms with Gasteiger partial charge in [-0.1, -0.05) is 30.3 Å². The molecular weight excluding hydrogens is 330 g/mol. The molecule has 4 radical (unpaired) electrons. The number of nitrogens with one attached hydrogen (secondary N) is 1. The van der Waals surface area contributed by atoms with E-state index in [0.717, 1.165) is 33.9 Å². The van der Waals surface area contributed by atoms with Crippen molar-refractivity contribution in [2.24, 2.45) is 0 Å². The summed E-state index contributed by atoms with van der Waals surface area (Å²) in [6.07, 6.45) is 2.35. The van der Waals surface area contributed by atoms with Crippen LogP contribution in [0.5, 0.6) is 0 Å². The molecule has 0 fully saturated rings. The van der Waals surface area contributed by atoms with Gasteiger partial charge in [-0.2, -0.15) is 5.26 Å². The lowest BCUT2D eigenvalue weighted by atomic mass is 9.79. The molecule has 0 amide bonds. The number of fused-ring (bicyclic) bond motifs is 2. The Morgan fingerprint density at radius 3 is 2.56 bits per heavy atom. The van der Waals surface area contributed by atoms with Crippen molar-refractivity contribution >= 4 is 54.1 Å². The Hall–Kier alpha value is -3.32. The van der Waals surface area contributed by atoms with E-state index in [4.69, 9.17) is 21.0 Å². The minimum Gasteiger partial charge on any atom is -0.369 e. The first kappa shape index (κ1) is 17.1. The predicted octanol–water partition coefficient (Wildman–Crippen LogP) is 1.90. The fourth-order valence-corrected chi connectivity index (χ4v) is 3.13. The number of nitriles is 1. The highest BCUT2D eigenvalue weighted by atomic mass is 15.0. The molecule has 0 aliphatic rings. The maximum atomic E-state index is 9.11. The highest BCUT2D eigenvalue weighted by molar-refractivity contribution is 6.49. The Morgan fingerprint density at radius 1 is 0.926 bits per heavy atom. The van der Waals surface area contributed by atoms with Crippen molar-refractivity contribution in [3.8, 4) is 6.07 Å². The summed E-state index contributed by atoms with van der Waals surface area (Å²) in [5.41, 5.74) is 3.79. The highest BCUT2D eigenvalue weighted by Gasteiger charge is 2.05. The maximum Gasteiger partial charge on any atom is 0.137 e. The van der Waals surface area contributed by atoms with Crippen LogP contribution in [0.2, 0.25) is 0 Å². The molecule has 4 aromatic rings. The number of nitrogens with zero attached hydrogens (tertiary/aromatic N) is 3. The largest absolute Gasteiger partial charge is 0.369 e. The van der Waals surface area contributed by atoms with E-state index < -0.39 is 0 Å². The zero-order valence-corrected chi connectivity index (χ0v) is 14.6. The van der Waals surface area contributed by atoms with Gasteiger partial charge in [0, 0.05) is 11.9 Å². The minimum atomic E-state index is 0.590.